The fourth-order valence-corrected chi connectivity index (χ4v) is 6.67. The summed E-state index contributed by atoms with van der Waals surface area (Å²) < 4.78 is 8.61. The molecule has 47 heavy (non-hydrogen) atoms. The molecule has 0 saturated heterocycles. The van der Waals surface area contributed by atoms with Crippen LogP contribution in [0.15, 0.2) is 126 Å². The molecule has 0 atom stereocenters. The summed E-state index contributed by atoms with van der Waals surface area (Å²) in [5, 5.41) is 3.28. The normalized spacial score (nSPS) is 12.5. The van der Waals surface area contributed by atoms with Crippen molar-refractivity contribution >= 4 is 60.9 Å². The minimum absolute atomic E-state index is 0.0741. The lowest BCUT2D eigenvalue weighted by Crippen LogP contribution is -2.14. The van der Waals surface area contributed by atoms with Crippen molar-refractivity contribution in [1.82, 2.24) is 14.5 Å². The predicted octanol–water partition coefficient (Wildman–Crippen LogP) is 11.5. The molecule has 0 fully saturated rings. The van der Waals surface area contributed by atoms with Gasteiger partial charge in [-0.3, -0.25) is 4.57 Å². The minimum Gasteiger partial charge on any atom is -0.450 e. The fourth-order valence-electron chi connectivity index (χ4n) is 6.67. The number of hydrogen-bond donors (Lipinski definition) is 0. The Morgan fingerprint density at radius 2 is 1.11 bits per heavy atom. The van der Waals surface area contributed by atoms with Crippen LogP contribution < -0.4 is 4.90 Å². The zero-order valence-corrected chi connectivity index (χ0v) is 27.7. The van der Waals surface area contributed by atoms with Crippen molar-refractivity contribution in [2.45, 2.75) is 52.4 Å². The van der Waals surface area contributed by atoms with Crippen LogP contribution in [0.4, 0.5) is 17.1 Å². The number of benzene rings is 5. The molecule has 3 heterocycles. The maximum absolute atomic E-state index is 6.40. The first kappa shape index (κ1) is 29.0. The first-order valence-electron chi connectivity index (χ1n) is 16.2. The molecule has 0 aliphatic carbocycles. The zero-order chi connectivity index (χ0) is 32.5. The van der Waals surface area contributed by atoms with E-state index in [9.17, 15) is 0 Å². The lowest BCUT2D eigenvalue weighted by molar-refractivity contribution is 0.590. The van der Waals surface area contributed by atoms with Gasteiger partial charge in [-0.1, -0.05) is 96.1 Å². The van der Waals surface area contributed by atoms with E-state index in [0.717, 1.165) is 61.2 Å². The largest absolute Gasteiger partial charge is 0.450 e. The molecule has 0 aliphatic rings. The van der Waals surface area contributed by atoms with Crippen LogP contribution in [-0.4, -0.2) is 14.5 Å². The maximum atomic E-state index is 6.40. The van der Waals surface area contributed by atoms with Crippen LogP contribution in [-0.2, 0) is 10.8 Å². The van der Waals surface area contributed by atoms with Gasteiger partial charge in [-0.05, 0) is 82.6 Å². The van der Waals surface area contributed by atoms with E-state index in [4.69, 9.17) is 9.40 Å². The van der Waals surface area contributed by atoms with Crippen molar-refractivity contribution in [3.05, 3.63) is 133 Å². The third-order valence-corrected chi connectivity index (χ3v) is 9.25. The average molecular weight is 615 g/mol. The number of nitrogens with zero attached hydrogens (tertiary/aromatic N) is 4. The van der Waals surface area contributed by atoms with Gasteiger partial charge in [0.2, 0.25) is 0 Å². The lowest BCUT2D eigenvalue weighted by atomic mass is 9.86. The van der Waals surface area contributed by atoms with Gasteiger partial charge in [-0.2, -0.15) is 0 Å². The smallest absolute Gasteiger partial charge is 0.197 e. The van der Waals surface area contributed by atoms with Gasteiger partial charge >= 0.3 is 0 Å². The van der Waals surface area contributed by atoms with Crippen molar-refractivity contribution in [2.75, 3.05) is 4.90 Å². The van der Waals surface area contributed by atoms with Gasteiger partial charge in [-0.25, -0.2) is 9.97 Å². The number of para-hydroxylation sites is 2. The average Bonchev–Trinajstić information content (AvgIpc) is 3.60. The van der Waals surface area contributed by atoms with Crippen molar-refractivity contribution in [3.8, 4) is 5.82 Å². The van der Waals surface area contributed by atoms with E-state index in [1.807, 2.05) is 24.3 Å². The second kappa shape index (κ2) is 10.6. The molecule has 0 unspecified atom stereocenters. The van der Waals surface area contributed by atoms with E-state index in [1.54, 1.807) is 6.33 Å². The van der Waals surface area contributed by atoms with Gasteiger partial charge in [0.1, 0.15) is 17.4 Å². The standard InChI is InChI=1S/C42H38N4O/c1-41(2,3)27-15-19-29(20-16-27)45(30-21-17-28(18-22-30)42(4,5)6)31-23-24-36-34(25-31)32-11-7-9-13-35(32)46(36)40-39-38(43-26-44-40)33-12-8-10-14-37(33)47-39/h7-26H,1-6H3. The third kappa shape index (κ3) is 4.85. The summed E-state index contributed by atoms with van der Waals surface area (Å²) in [6.45, 7) is 13.5. The Kier molecular flexibility index (Phi) is 6.52. The highest BCUT2D eigenvalue weighted by Gasteiger charge is 2.22. The molecule has 8 aromatic rings. The second-order valence-corrected chi connectivity index (χ2v) is 14.5. The van der Waals surface area contributed by atoms with Crippen molar-refractivity contribution in [1.29, 1.82) is 0 Å². The van der Waals surface area contributed by atoms with E-state index in [-0.39, 0.29) is 10.8 Å². The van der Waals surface area contributed by atoms with Crippen LogP contribution in [0.2, 0.25) is 0 Å². The van der Waals surface area contributed by atoms with Crippen LogP contribution >= 0.6 is 0 Å². The Labute approximate surface area is 275 Å². The van der Waals surface area contributed by atoms with Crippen molar-refractivity contribution in [2.24, 2.45) is 0 Å². The molecule has 0 aliphatic heterocycles. The molecule has 5 aromatic carbocycles. The van der Waals surface area contributed by atoms with Gasteiger partial charge < -0.3 is 9.32 Å². The van der Waals surface area contributed by atoms with E-state index in [0.29, 0.717) is 5.58 Å². The predicted molar refractivity (Wildman–Crippen MR) is 196 cm³/mol. The summed E-state index contributed by atoms with van der Waals surface area (Å²) in [6.07, 6.45) is 1.64. The van der Waals surface area contributed by atoms with E-state index < -0.39 is 0 Å². The van der Waals surface area contributed by atoms with Crippen LogP contribution in [0.25, 0.3) is 49.7 Å². The first-order chi connectivity index (χ1) is 22.6. The first-order valence-corrected chi connectivity index (χ1v) is 16.2. The molecule has 232 valence electrons. The fraction of sp³-hybridized carbons (Fsp3) is 0.190. The zero-order valence-electron chi connectivity index (χ0n) is 27.7. The number of aromatic nitrogens is 3. The molecule has 0 radical (unpaired) electrons. The molecule has 0 amide bonds. The molecular formula is C42H38N4O. The highest BCUT2D eigenvalue weighted by atomic mass is 16.3. The molecule has 0 spiro atoms. The number of hydrogen-bond acceptors (Lipinski definition) is 4. The van der Waals surface area contributed by atoms with E-state index >= 15 is 0 Å². The monoisotopic (exact) mass is 614 g/mol. The second-order valence-electron chi connectivity index (χ2n) is 14.5. The molecular weight excluding hydrogens is 576 g/mol. The van der Waals surface area contributed by atoms with Gasteiger partial charge in [0.25, 0.3) is 0 Å². The molecule has 8 rings (SSSR count). The SMILES string of the molecule is CC(C)(C)c1ccc(N(c2ccc(C(C)(C)C)cc2)c2ccc3c(c2)c2ccccc2n3-c2ncnc3c2oc2ccccc23)cc1. The summed E-state index contributed by atoms with van der Waals surface area (Å²) in [6, 6.07) is 41.3. The summed E-state index contributed by atoms with van der Waals surface area (Å²) in [5.74, 6) is 0.734. The van der Waals surface area contributed by atoms with Gasteiger partial charge in [0, 0.05) is 33.2 Å². The third-order valence-electron chi connectivity index (χ3n) is 9.25. The van der Waals surface area contributed by atoms with E-state index in [1.165, 1.54) is 11.1 Å². The van der Waals surface area contributed by atoms with Crippen LogP contribution in [0, 0.1) is 0 Å². The summed E-state index contributed by atoms with van der Waals surface area (Å²) in [4.78, 5) is 11.8. The summed E-state index contributed by atoms with van der Waals surface area (Å²) >= 11 is 0. The van der Waals surface area contributed by atoms with Gasteiger partial charge in [0.05, 0.1) is 11.0 Å². The Morgan fingerprint density at radius 3 is 1.74 bits per heavy atom. The number of furan rings is 1. The Morgan fingerprint density at radius 1 is 0.553 bits per heavy atom. The number of fused-ring (bicyclic) bond motifs is 6. The van der Waals surface area contributed by atoms with E-state index in [2.05, 4.69) is 147 Å². The van der Waals surface area contributed by atoms with Crippen molar-refractivity contribution in [3.63, 3.8) is 0 Å². The highest BCUT2D eigenvalue weighted by Crippen LogP contribution is 2.41. The van der Waals surface area contributed by atoms with Crippen molar-refractivity contribution < 1.29 is 4.42 Å². The molecule has 3 aromatic heterocycles. The molecule has 0 bridgehead atoms. The number of rotatable bonds is 4. The topological polar surface area (TPSA) is 47.1 Å². The molecule has 0 N–H and O–H groups in total. The Hall–Kier alpha value is -5.42. The summed E-state index contributed by atoms with van der Waals surface area (Å²) in [7, 11) is 0. The molecule has 0 saturated carbocycles. The summed E-state index contributed by atoms with van der Waals surface area (Å²) in [5.41, 5.74) is 10.5. The Bertz CT molecular complexity index is 2360. The van der Waals surface area contributed by atoms with Gasteiger partial charge in [-0.15, -0.1) is 0 Å². The quantitative estimate of drug-likeness (QED) is 0.198. The van der Waals surface area contributed by atoms with Gasteiger partial charge in [0.15, 0.2) is 11.4 Å². The Balaban J connectivity index is 1.34. The lowest BCUT2D eigenvalue weighted by Gasteiger charge is -2.28. The van der Waals surface area contributed by atoms with Crippen LogP contribution in [0.1, 0.15) is 52.7 Å². The molecule has 5 nitrogen and oxygen atoms in total. The van der Waals surface area contributed by atoms with Crippen LogP contribution in [0.3, 0.4) is 0 Å². The van der Waals surface area contributed by atoms with Crippen LogP contribution in [0.5, 0.6) is 0 Å². The minimum atomic E-state index is 0.0741. The molecule has 5 heteroatoms. The highest BCUT2D eigenvalue weighted by molar-refractivity contribution is 6.12. The maximum Gasteiger partial charge on any atom is 0.197 e. The number of anilines is 3.